The quantitative estimate of drug-likeness (QED) is 0.337. The third-order valence-electron chi connectivity index (χ3n) is 4.55. The van der Waals surface area contributed by atoms with Crippen LogP contribution in [0.3, 0.4) is 0 Å². The molecule has 0 aliphatic rings. The number of phenols is 2. The zero-order valence-corrected chi connectivity index (χ0v) is 13.9. The number of aromatic amines is 1. The van der Waals surface area contributed by atoms with Gasteiger partial charge in [0.15, 0.2) is 5.43 Å². The van der Waals surface area contributed by atoms with Gasteiger partial charge in [0.2, 0.25) is 0 Å². The van der Waals surface area contributed by atoms with E-state index < -0.39 is 0 Å². The number of aromatic nitrogens is 2. The van der Waals surface area contributed by atoms with Gasteiger partial charge in [-0.2, -0.15) is 0 Å². The summed E-state index contributed by atoms with van der Waals surface area (Å²) in [6.45, 7) is 0.928. The van der Waals surface area contributed by atoms with Crippen LogP contribution in [0.2, 0.25) is 0 Å². The van der Waals surface area contributed by atoms with Crippen molar-refractivity contribution < 1.29 is 15.3 Å². The van der Waals surface area contributed by atoms with Gasteiger partial charge in [-0.15, -0.1) is 0 Å². The zero-order valence-electron chi connectivity index (χ0n) is 13.9. The molecular formula is C18H18N4O4. The summed E-state index contributed by atoms with van der Waals surface area (Å²) in [6, 6.07) is 6.09. The van der Waals surface area contributed by atoms with Crippen LogP contribution in [0.4, 0.5) is 0 Å². The Balaban J connectivity index is 2.34. The SMILES string of the molecule is NCCN=c1ccc2c3c1c(O)c1c(O)ccc(=O)c1c3[nH]n2CCO. The number of fused-ring (bicyclic) bond motifs is 2. The molecule has 0 radical (unpaired) electrons. The molecule has 0 aliphatic heterocycles. The van der Waals surface area contributed by atoms with Gasteiger partial charge in [-0.3, -0.25) is 19.6 Å². The Morgan fingerprint density at radius 2 is 1.88 bits per heavy atom. The van der Waals surface area contributed by atoms with E-state index >= 15 is 0 Å². The number of aromatic hydroxyl groups is 2. The molecule has 0 fully saturated rings. The third kappa shape index (κ3) is 2.16. The van der Waals surface area contributed by atoms with Crippen molar-refractivity contribution in [3.8, 4) is 11.5 Å². The minimum absolute atomic E-state index is 0.0831. The summed E-state index contributed by atoms with van der Waals surface area (Å²) in [5, 5.41) is 35.5. The van der Waals surface area contributed by atoms with Crippen molar-refractivity contribution in [1.82, 2.24) is 9.78 Å². The lowest BCUT2D eigenvalue weighted by Crippen LogP contribution is -2.10. The highest BCUT2D eigenvalue weighted by Crippen LogP contribution is 2.41. The average Bonchev–Trinajstić information content (AvgIpc) is 2.99. The van der Waals surface area contributed by atoms with Crippen molar-refractivity contribution >= 4 is 32.6 Å². The van der Waals surface area contributed by atoms with Crippen molar-refractivity contribution in [3.63, 3.8) is 0 Å². The van der Waals surface area contributed by atoms with E-state index in [0.717, 1.165) is 5.52 Å². The number of benzene rings is 3. The molecule has 0 aliphatic carbocycles. The fourth-order valence-electron chi connectivity index (χ4n) is 3.51. The van der Waals surface area contributed by atoms with Crippen LogP contribution < -0.4 is 16.5 Å². The topological polar surface area (TPSA) is 137 Å². The van der Waals surface area contributed by atoms with Crippen molar-refractivity contribution in [2.75, 3.05) is 19.7 Å². The number of H-pyrrole nitrogens is 1. The molecule has 0 amide bonds. The molecule has 4 rings (SSSR count). The molecule has 3 aromatic carbocycles. The standard InChI is InChI=1S/C18H18N4O4/c19-5-6-20-9-1-2-10-14-13(9)18(26)16-12(25)4-3-11(24)15(16)17(14)21-22(10)7-8-23/h1-4,21,23,25-26H,5-8,19H2. The molecule has 26 heavy (non-hydrogen) atoms. The number of nitrogens with one attached hydrogen (secondary N) is 1. The number of nitrogens with zero attached hydrogens (tertiary/aromatic N) is 2. The van der Waals surface area contributed by atoms with Crippen LogP contribution in [-0.2, 0) is 6.54 Å². The number of nitrogens with two attached hydrogens (primary N) is 1. The first-order valence-corrected chi connectivity index (χ1v) is 8.25. The highest BCUT2D eigenvalue weighted by molar-refractivity contribution is 6.23. The van der Waals surface area contributed by atoms with Crippen LogP contribution in [0.15, 0.2) is 34.1 Å². The van der Waals surface area contributed by atoms with E-state index in [0.29, 0.717) is 41.3 Å². The predicted octanol–water partition coefficient (Wildman–Crippen LogP) is 0.337. The van der Waals surface area contributed by atoms with E-state index in [2.05, 4.69) is 10.1 Å². The van der Waals surface area contributed by atoms with Gasteiger partial charge in [0.1, 0.15) is 11.5 Å². The van der Waals surface area contributed by atoms with Crippen molar-refractivity contribution in [2.45, 2.75) is 6.54 Å². The van der Waals surface area contributed by atoms with Crippen LogP contribution >= 0.6 is 0 Å². The van der Waals surface area contributed by atoms with Crippen LogP contribution in [0.5, 0.6) is 11.5 Å². The number of phenolic OH excluding ortho intramolecular Hbond substituents is 2. The monoisotopic (exact) mass is 354 g/mol. The maximum Gasteiger partial charge on any atom is 0.189 e. The number of hydrogen-bond donors (Lipinski definition) is 5. The largest absolute Gasteiger partial charge is 0.507 e. The lowest BCUT2D eigenvalue weighted by molar-refractivity contribution is 0.272. The van der Waals surface area contributed by atoms with Crippen LogP contribution in [0.1, 0.15) is 0 Å². The van der Waals surface area contributed by atoms with E-state index in [4.69, 9.17) is 5.73 Å². The molecule has 0 unspecified atom stereocenters. The highest BCUT2D eigenvalue weighted by atomic mass is 16.3. The molecule has 0 saturated carbocycles. The van der Waals surface area contributed by atoms with E-state index in [-0.39, 0.29) is 34.3 Å². The van der Waals surface area contributed by atoms with E-state index in [1.807, 2.05) is 6.07 Å². The maximum atomic E-state index is 12.5. The van der Waals surface area contributed by atoms with Crippen LogP contribution in [0.25, 0.3) is 32.6 Å². The Morgan fingerprint density at radius 3 is 2.62 bits per heavy atom. The molecule has 0 saturated heterocycles. The first-order valence-electron chi connectivity index (χ1n) is 8.25. The molecule has 8 heteroatoms. The molecule has 4 aromatic rings. The van der Waals surface area contributed by atoms with Crippen molar-refractivity contribution in [3.05, 3.63) is 39.8 Å². The molecule has 0 atom stereocenters. The van der Waals surface area contributed by atoms with Crippen LogP contribution in [-0.4, -0.2) is 44.8 Å². The molecule has 0 bridgehead atoms. The van der Waals surface area contributed by atoms with Gasteiger partial charge in [-0.1, -0.05) is 0 Å². The van der Waals surface area contributed by atoms with Crippen molar-refractivity contribution in [1.29, 1.82) is 0 Å². The third-order valence-corrected chi connectivity index (χ3v) is 4.55. The molecule has 134 valence electrons. The smallest absolute Gasteiger partial charge is 0.189 e. The van der Waals surface area contributed by atoms with Gasteiger partial charge in [-0.25, -0.2) is 0 Å². The van der Waals surface area contributed by atoms with Gasteiger partial charge in [0, 0.05) is 11.9 Å². The Hall–Kier alpha value is -3.10. The van der Waals surface area contributed by atoms with Gasteiger partial charge in [0.05, 0.1) is 52.2 Å². The molecular weight excluding hydrogens is 336 g/mol. The fraction of sp³-hybridized carbons (Fsp3) is 0.222. The lowest BCUT2D eigenvalue weighted by Gasteiger charge is -2.08. The maximum absolute atomic E-state index is 12.5. The van der Waals surface area contributed by atoms with Crippen molar-refractivity contribution in [2.24, 2.45) is 10.7 Å². The molecule has 6 N–H and O–H groups in total. The first kappa shape index (κ1) is 16.4. The first-order chi connectivity index (χ1) is 12.6. The number of hydrogen-bond acceptors (Lipinski definition) is 6. The molecule has 0 spiro atoms. The molecule has 1 aromatic heterocycles. The Bertz CT molecular complexity index is 1260. The van der Waals surface area contributed by atoms with Crippen LogP contribution in [0, 0.1) is 0 Å². The summed E-state index contributed by atoms with van der Waals surface area (Å²) < 4.78 is 1.70. The van der Waals surface area contributed by atoms with E-state index in [1.54, 1.807) is 10.7 Å². The number of rotatable bonds is 4. The molecule has 8 nitrogen and oxygen atoms in total. The summed E-state index contributed by atoms with van der Waals surface area (Å²) in [6.07, 6.45) is 0. The summed E-state index contributed by atoms with van der Waals surface area (Å²) in [7, 11) is 0. The predicted molar refractivity (Wildman–Crippen MR) is 98.7 cm³/mol. The Morgan fingerprint density at radius 1 is 1.08 bits per heavy atom. The summed E-state index contributed by atoms with van der Waals surface area (Å²) >= 11 is 0. The van der Waals surface area contributed by atoms with E-state index in [9.17, 15) is 20.1 Å². The summed E-state index contributed by atoms with van der Waals surface area (Å²) in [5.74, 6) is -0.382. The fourth-order valence-corrected chi connectivity index (χ4v) is 3.51. The second kappa shape index (κ2) is 6.01. The Kier molecular flexibility index (Phi) is 3.78. The summed E-state index contributed by atoms with van der Waals surface area (Å²) in [4.78, 5) is 16.9. The minimum atomic E-state index is -0.321. The van der Waals surface area contributed by atoms with E-state index in [1.165, 1.54) is 12.1 Å². The Labute approximate surface area is 146 Å². The normalized spacial score (nSPS) is 12.8. The van der Waals surface area contributed by atoms with Gasteiger partial charge < -0.3 is 21.1 Å². The second-order valence-corrected chi connectivity index (χ2v) is 6.07. The minimum Gasteiger partial charge on any atom is -0.507 e. The highest BCUT2D eigenvalue weighted by Gasteiger charge is 2.21. The average molecular weight is 354 g/mol. The van der Waals surface area contributed by atoms with Gasteiger partial charge in [-0.05, 0) is 24.3 Å². The number of aliphatic hydroxyl groups excluding tert-OH is 1. The zero-order chi connectivity index (χ0) is 18.4. The second-order valence-electron chi connectivity index (χ2n) is 6.07. The van der Waals surface area contributed by atoms with Gasteiger partial charge >= 0.3 is 0 Å². The number of aliphatic hydroxyl groups is 1. The molecule has 1 heterocycles. The summed E-state index contributed by atoms with van der Waals surface area (Å²) in [5.41, 5.74) is 6.43. The van der Waals surface area contributed by atoms with Gasteiger partial charge in [0.25, 0.3) is 0 Å². The lowest BCUT2D eigenvalue weighted by atomic mass is 9.99.